The molecule has 47 heavy (non-hydrogen) atoms. The van der Waals surface area contributed by atoms with Gasteiger partial charge in [-0.05, 0) is 50.1 Å². The summed E-state index contributed by atoms with van der Waals surface area (Å²) in [5.41, 5.74) is 0.00675. The zero-order valence-electron chi connectivity index (χ0n) is 24.7. The molecule has 2 aliphatic rings. The highest BCUT2D eigenvalue weighted by Crippen LogP contribution is 2.49. The van der Waals surface area contributed by atoms with E-state index in [0.29, 0.717) is 22.0 Å². The molecule has 2 atom stereocenters. The summed E-state index contributed by atoms with van der Waals surface area (Å²) >= 11 is 1.01. The van der Waals surface area contributed by atoms with Crippen LogP contribution in [-0.4, -0.2) is 52.3 Å². The van der Waals surface area contributed by atoms with Crippen molar-refractivity contribution in [2.45, 2.75) is 43.1 Å². The van der Waals surface area contributed by atoms with Crippen molar-refractivity contribution in [3.63, 3.8) is 0 Å². The van der Waals surface area contributed by atoms with Gasteiger partial charge in [-0.3, -0.25) is 14.6 Å². The van der Waals surface area contributed by atoms with Crippen LogP contribution in [-0.2, 0) is 15.8 Å². The molecule has 2 amide bonds. The molecule has 1 aliphatic carbocycles. The van der Waals surface area contributed by atoms with Crippen molar-refractivity contribution < 1.29 is 41.7 Å². The minimum Gasteiger partial charge on any atom is -0.489 e. The molecular formula is C33H26F4N4O5S. The van der Waals surface area contributed by atoms with Gasteiger partial charge in [-0.2, -0.15) is 13.2 Å². The van der Waals surface area contributed by atoms with Crippen LogP contribution >= 0.6 is 11.3 Å². The predicted molar refractivity (Wildman–Crippen MR) is 165 cm³/mol. The number of carbonyl (C=O) groups is 2. The Bertz CT molecular complexity index is 2100. The van der Waals surface area contributed by atoms with E-state index >= 15 is 0 Å². The Morgan fingerprint density at radius 3 is 2.70 bits per heavy atom. The number of hydrogen-bond acceptors (Lipinski definition) is 8. The maximum atomic E-state index is 14.9. The van der Waals surface area contributed by atoms with Crippen molar-refractivity contribution in [3.8, 4) is 22.8 Å². The van der Waals surface area contributed by atoms with Gasteiger partial charge < -0.3 is 25.6 Å². The van der Waals surface area contributed by atoms with Crippen molar-refractivity contribution in [2.24, 2.45) is 5.73 Å². The molecule has 9 nitrogen and oxygen atoms in total. The molecule has 1 fully saturated rings. The predicted octanol–water partition coefficient (Wildman–Crippen LogP) is 5.51. The average Bonchev–Trinajstić information content (AvgIpc) is 3.63. The highest BCUT2D eigenvalue weighted by atomic mass is 32.1. The Morgan fingerprint density at radius 2 is 1.98 bits per heavy atom. The number of nitrogens with one attached hydrogen (secondary N) is 1. The maximum absolute atomic E-state index is 14.9. The minimum absolute atomic E-state index is 0.00486. The molecule has 7 rings (SSSR count). The molecule has 2 aromatic carbocycles. The first-order valence-corrected chi connectivity index (χ1v) is 15.5. The monoisotopic (exact) mass is 666 g/mol. The highest BCUT2D eigenvalue weighted by Gasteiger charge is 2.58. The van der Waals surface area contributed by atoms with Crippen LogP contribution in [0, 0.1) is 5.82 Å². The van der Waals surface area contributed by atoms with Gasteiger partial charge in [0, 0.05) is 39.0 Å². The zero-order chi connectivity index (χ0) is 33.3. The quantitative estimate of drug-likeness (QED) is 0.186. The van der Waals surface area contributed by atoms with E-state index in [4.69, 9.17) is 15.2 Å². The van der Waals surface area contributed by atoms with Crippen LogP contribution in [0.25, 0.3) is 32.2 Å². The summed E-state index contributed by atoms with van der Waals surface area (Å²) in [6.07, 6.45) is -2.19. The molecule has 0 bridgehead atoms. The van der Waals surface area contributed by atoms with E-state index in [0.717, 1.165) is 30.2 Å². The Hall–Kier alpha value is -4.82. The molecule has 5 aromatic rings. The number of amides is 2. The largest absolute Gasteiger partial charge is 0.489 e. The molecule has 4 N–H and O–H groups in total. The van der Waals surface area contributed by atoms with Gasteiger partial charge in [-0.25, -0.2) is 9.37 Å². The number of aromatic nitrogens is 2. The third-order valence-electron chi connectivity index (χ3n) is 8.57. The molecule has 0 spiro atoms. The number of thiophene rings is 1. The number of rotatable bonds is 8. The fourth-order valence-electron chi connectivity index (χ4n) is 5.58. The fraction of sp³-hybridized carbons (Fsp3) is 0.273. The number of benzene rings is 2. The molecule has 1 saturated carbocycles. The van der Waals surface area contributed by atoms with Crippen molar-refractivity contribution in [1.82, 2.24) is 15.3 Å². The van der Waals surface area contributed by atoms with E-state index in [1.807, 2.05) is 0 Å². The second kappa shape index (κ2) is 10.9. The minimum atomic E-state index is -5.36. The summed E-state index contributed by atoms with van der Waals surface area (Å²) in [6, 6.07) is 11.4. The van der Waals surface area contributed by atoms with Crippen LogP contribution in [0.2, 0.25) is 0 Å². The van der Waals surface area contributed by atoms with E-state index in [9.17, 15) is 32.3 Å². The molecule has 4 heterocycles. The normalized spacial score (nSPS) is 18.9. The Balaban J connectivity index is 1.31. The number of carbonyl (C=O) groups excluding carboxylic acids is 2. The number of alkyl halides is 3. The van der Waals surface area contributed by atoms with Crippen molar-refractivity contribution in [1.29, 1.82) is 0 Å². The van der Waals surface area contributed by atoms with Crippen molar-refractivity contribution >= 4 is 44.1 Å². The molecule has 3 aromatic heterocycles. The number of hydrogen-bond donors (Lipinski definition) is 3. The van der Waals surface area contributed by atoms with Gasteiger partial charge in [0.05, 0.1) is 23.0 Å². The number of aliphatic hydroxyl groups is 1. The molecule has 0 radical (unpaired) electrons. The van der Waals surface area contributed by atoms with Crippen LogP contribution in [0.1, 0.15) is 41.4 Å². The zero-order valence-corrected chi connectivity index (χ0v) is 25.5. The lowest BCUT2D eigenvalue weighted by Gasteiger charge is -2.31. The van der Waals surface area contributed by atoms with E-state index in [1.165, 1.54) is 36.6 Å². The molecule has 1 aliphatic heterocycles. The van der Waals surface area contributed by atoms with Crippen LogP contribution in [0.3, 0.4) is 0 Å². The van der Waals surface area contributed by atoms with E-state index in [1.54, 1.807) is 24.4 Å². The first kappa shape index (κ1) is 30.8. The second-order valence-electron chi connectivity index (χ2n) is 11.9. The van der Waals surface area contributed by atoms with Crippen molar-refractivity contribution in [3.05, 3.63) is 82.7 Å². The van der Waals surface area contributed by atoms with Crippen LogP contribution in [0.15, 0.2) is 60.1 Å². The van der Waals surface area contributed by atoms with Crippen LogP contribution < -0.4 is 20.5 Å². The van der Waals surface area contributed by atoms with Gasteiger partial charge in [0.1, 0.15) is 40.5 Å². The molecule has 0 saturated heterocycles. The van der Waals surface area contributed by atoms with E-state index in [2.05, 4.69) is 15.3 Å². The third kappa shape index (κ3) is 5.11. The molecule has 242 valence electrons. The average molecular weight is 667 g/mol. The molecule has 14 heteroatoms. The number of primary amides is 1. The first-order chi connectivity index (χ1) is 22.3. The summed E-state index contributed by atoms with van der Waals surface area (Å²) in [5.74, 6) is -2.03. The van der Waals surface area contributed by atoms with Gasteiger partial charge in [-0.1, -0.05) is 18.2 Å². The van der Waals surface area contributed by atoms with E-state index < -0.39 is 47.1 Å². The SMILES string of the molecule is C[C@]1(C(N)=O)COc2c1cc([C@@](O)(CNC(=O)c1cc(OC3CC3)c3ncccc3c1)C(F)(F)F)nc2-c1csc2c(F)cccc12. The summed E-state index contributed by atoms with van der Waals surface area (Å²) < 4.78 is 71.3. The number of nitrogens with two attached hydrogens (primary N) is 1. The summed E-state index contributed by atoms with van der Waals surface area (Å²) in [4.78, 5) is 34.5. The lowest BCUT2D eigenvalue weighted by molar-refractivity contribution is -0.265. The third-order valence-corrected chi connectivity index (χ3v) is 9.58. The van der Waals surface area contributed by atoms with Crippen LogP contribution in [0.5, 0.6) is 11.5 Å². The number of nitrogens with zero attached hydrogens (tertiary/aromatic N) is 2. The summed E-state index contributed by atoms with van der Waals surface area (Å²) in [6.45, 7) is -0.225. The lowest BCUT2D eigenvalue weighted by Crippen LogP contribution is -2.51. The van der Waals surface area contributed by atoms with Crippen LogP contribution in [0.4, 0.5) is 17.6 Å². The fourth-order valence-corrected chi connectivity index (χ4v) is 6.54. The first-order valence-electron chi connectivity index (χ1n) is 14.6. The second-order valence-corrected chi connectivity index (χ2v) is 12.8. The molecular weight excluding hydrogens is 640 g/mol. The van der Waals surface area contributed by atoms with Gasteiger partial charge in [0.15, 0.2) is 0 Å². The number of fused-ring (bicyclic) bond motifs is 3. The standard InChI is InChI=1S/C33H26F4N4O5S/c1-31(30(38)43)15-45-27-21(31)12-24(41-26(27)20-13-47-28-19(20)5-2-6-22(28)34)32(44,33(35,36)37)14-40-29(42)17-10-16-4-3-9-39-25(16)23(11-17)46-18-7-8-18/h2-6,9-13,18,44H,7-8,14-15H2,1H3,(H2,38,43)(H,40,42)/t31-,32-/m0/s1. The topological polar surface area (TPSA) is 137 Å². The Labute approximate surface area is 268 Å². The van der Waals surface area contributed by atoms with E-state index in [-0.39, 0.29) is 45.5 Å². The lowest BCUT2D eigenvalue weighted by atomic mass is 9.81. The molecule has 0 unspecified atom stereocenters. The van der Waals surface area contributed by atoms with Crippen molar-refractivity contribution in [2.75, 3.05) is 13.2 Å². The highest BCUT2D eigenvalue weighted by molar-refractivity contribution is 7.17. The maximum Gasteiger partial charge on any atom is 0.424 e. The van der Waals surface area contributed by atoms with Gasteiger partial charge in [0.25, 0.3) is 5.91 Å². The summed E-state index contributed by atoms with van der Waals surface area (Å²) in [7, 11) is 0. The number of pyridine rings is 2. The summed E-state index contributed by atoms with van der Waals surface area (Å²) in [5, 5.41) is 16.0. The Morgan fingerprint density at radius 1 is 1.19 bits per heavy atom. The van der Waals surface area contributed by atoms with Gasteiger partial charge in [0.2, 0.25) is 11.5 Å². The number of ether oxygens (including phenoxy) is 2. The Kier molecular flexibility index (Phi) is 7.13. The smallest absolute Gasteiger partial charge is 0.424 e. The van der Waals surface area contributed by atoms with Gasteiger partial charge in [-0.15, -0.1) is 11.3 Å². The van der Waals surface area contributed by atoms with Gasteiger partial charge >= 0.3 is 6.18 Å². The number of halogens is 4.